The highest BCUT2D eigenvalue weighted by Gasteiger charge is 2.47. The molecule has 2 saturated heterocycles. The molecule has 1 N–H and O–H groups in total. The molecule has 2 fully saturated rings. The average molecular weight is 342 g/mol. The van der Waals surface area contributed by atoms with Crippen LogP contribution in [0.1, 0.15) is 44.0 Å². The van der Waals surface area contributed by atoms with E-state index in [1.165, 1.54) is 12.8 Å². The van der Waals surface area contributed by atoms with Crippen LogP contribution in [0.4, 0.5) is 0 Å². The van der Waals surface area contributed by atoms with E-state index in [4.69, 9.17) is 0 Å². The zero-order valence-corrected chi connectivity index (χ0v) is 14.0. The summed E-state index contributed by atoms with van der Waals surface area (Å²) in [6.07, 6.45) is 5.26. The van der Waals surface area contributed by atoms with E-state index in [0.717, 1.165) is 48.3 Å². The molecule has 4 nitrogen and oxygen atoms in total. The number of hydrogen-bond donors (Lipinski definition) is 1. The van der Waals surface area contributed by atoms with Crippen LogP contribution in [-0.4, -0.2) is 44.5 Å². The van der Waals surface area contributed by atoms with Crippen molar-refractivity contribution in [2.45, 2.75) is 64.1 Å². The lowest BCUT2D eigenvalue weighted by Crippen LogP contribution is -2.48. The molecule has 2 unspecified atom stereocenters. The summed E-state index contributed by atoms with van der Waals surface area (Å²) in [5, 5.41) is 15.7. The summed E-state index contributed by atoms with van der Waals surface area (Å²) >= 11 is 3.65. The smallest absolute Gasteiger partial charge is 0.0869 e. The largest absolute Gasteiger partial charge is 0.388 e. The van der Waals surface area contributed by atoms with Gasteiger partial charge in [0.2, 0.25) is 0 Å². The minimum atomic E-state index is -0.581. The van der Waals surface area contributed by atoms with E-state index < -0.39 is 5.60 Å². The van der Waals surface area contributed by atoms with E-state index in [9.17, 15) is 5.11 Å². The molecule has 5 heteroatoms. The molecule has 20 heavy (non-hydrogen) atoms. The van der Waals surface area contributed by atoms with E-state index in [1.807, 2.05) is 11.6 Å². The zero-order valence-electron chi connectivity index (χ0n) is 12.4. The predicted molar refractivity (Wildman–Crippen MR) is 82.8 cm³/mol. The van der Waals surface area contributed by atoms with Crippen LogP contribution in [0.3, 0.4) is 0 Å². The van der Waals surface area contributed by atoms with Crippen LogP contribution in [0.5, 0.6) is 0 Å². The van der Waals surface area contributed by atoms with Crippen LogP contribution in [0.25, 0.3) is 0 Å². The Kier molecular flexibility index (Phi) is 3.95. The number of nitrogens with zero attached hydrogens (tertiary/aromatic N) is 3. The molecule has 2 atom stereocenters. The van der Waals surface area contributed by atoms with Crippen LogP contribution in [0.15, 0.2) is 4.47 Å². The first kappa shape index (κ1) is 14.5. The van der Waals surface area contributed by atoms with Gasteiger partial charge in [0, 0.05) is 25.6 Å². The van der Waals surface area contributed by atoms with E-state index in [0.29, 0.717) is 12.5 Å². The molecule has 0 saturated carbocycles. The van der Waals surface area contributed by atoms with Gasteiger partial charge in [-0.05, 0) is 55.6 Å². The SMILES string of the molecule is CCn1nc(C)c(Br)c1CC1(O)CCN2CCCCC21. The second kappa shape index (κ2) is 5.43. The van der Waals surface area contributed by atoms with Crippen LogP contribution in [0, 0.1) is 6.92 Å². The van der Waals surface area contributed by atoms with Crippen molar-refractivity contribution in [1.29, 1.82) is 0 Å². The monoisotopic (exact) mass is 341 g/mol. The summed E-state index contributed by atoms with van der Waals surface area (Å²) in [4.78, 5) is 2.48. The van der Waals surface area contributed by atoms with Gasteiger partial charge in [-0.2, -0.15) is 5.10 Å². The lowest BCUT2D eigenvalue weighted by molar-refractivity contribution is -0.0104. The van der Waals surface area contributed by atoms with Crippen molar-refractivity contribution in [2.75, 3.05) is 13.1 Å². The van der Waals surface area contributed by atoms with Gasteiger partial charge in [0.25, 0.3) is 0 Å². The van der Waals surface area contributed by atoms with Crippen molar-refractivity contribution in [3.63, 3.8) is 0 Å². The lowest BCUT2D eigenvalue weighted by atomic mass is 9.85. The fraction of sp³-hybridized carbons (Fsp3) is 0.800. The van der Waals surface area contributed by atoms with Crippen LogP contribution in [0.2, 0.25) is 0 Å². The molecule has 3 rings (SSSR count). The molecule has 0 aliphatic carbocycles. The van der Waals surface area contributed by atoms with Crippen molar-refractivity contribution in [3.8, 4) is 0 Å². The number of piperidine rings is 1. The molecule has 2 aliphatic heterocycles. The molecule has 0 spiro atoms. The molecule has 0 amide bonds. The van der Waals surface area contributed by atoms with Gasteiger partial charge >= 0.3 is 0 Å². The number of fused-ring (bicyclic) bond motifs is 1. The number of hydrogen-bond acceptors (Lipinski definition) is 3. The molecule has 112 valence electrons. The summed E-state index contributed by atoms with van der Waals surface area (Å²) in [5.74, 6) is 0. The summed E-state index contributed by atoms with van der Waals surface area (Å²) in [5.41, 5.74) is 1.59. The van der Waals surface area contributed by atoms with Gasteiger partial charge in [0.1, 0.15) is 0 Å². The highest BCUT2D eigenvalue weighted by Crippen LogP contribution is 2.38. The summed E-state index contributed by atoms with van der Waals surface area (Å²) in [6, 6.07) is 0.337. The summed E-state index contributed by atoms with van der Waals surface area (Å²) in [6.45, 7) is 7.17. The molecular weight excluding hydrogens is 318 g/mol. The van der Waals surface area contributed by atoms with E-state index in [-0.39, 0.29) is 0 Å². The number of aliphatic hydroxyl groups is 1. The molecule has 0 bridgehead atoms. The molecular formula is C15H24BrN3O. The van der Waals surface area contributed by atoms with E-state index >= 15 is 0 Å². The third-order valence-electron chi connectivity index (χ3n) is 4.99. The van der Waals surface area contributed by atoms with Crippen LogP contribution < -0.4 is 0 Å². The van der Waals surface area contributed by atoms with Gasteiger partial charge in [-0.15, -0.1) is 0 Å². The maximum absolute atomic E-state index is 11.2. The third kappa shape index (κ3) is 2.34. The zero-order chi connectivity index (χ0) is 14.3. The van der Waals surface area contributed by atoms with Crippen molar-refractivity contribution < 1.29 is 5.11 Å². The standard InChI is InChI=1S/C15H24BrN3O/c1-3-19-12(14(16)11(2)17-19)10-15(20)7-9-18-8-5-4-6-13(15)18/h13,20H,3-10H2,1-2H3. The Bertz CT molecular complexity index is 502. The minimum absolute atomic E-state index is 0.337. The van der Waals surface area contributed by atoms with E-state index in [1.54, 1.807) is 0 Å². The Morgan fingerprint density at radius 3 is 2.95 bits per heavy atom. The Labute approximate surface area is 129 Å². The maximum Gasteiger partial charge on any atom is 0.0869 e. The van der Waals surface area contributed by atoms with Crippen molar-refractivity contribution >= 4 is 15.9 Å². The molecule has 0 radical (unpaired) electrons. The second-order valence-corrected chi connectivity index (χ2v) is 7.03. The third-order valence-corrected chi connectivity index (χ3v) is 6.02. The minimum Gasteiger partial charge on any atom is -0.388 e. The second-order valence-electron chi connectivity index (χ2n) is 6.24. The van der Waals surface area contributed by atoms with Crippen LogP contribution >= 0.6 is 15.9 Å². The number of rotatable bonds is 3. The first-order chi connectivity index (χ1) is 9.55. The fourth-order valence-electron chi connectivity index (χ4n) is 3.91. The summed E-state index contributed by atoms with van der Waals surface area (Å²) in [7, 11) is 0. The predicted octanol–water partition coefficient (Wildman–Crippen LogP) is 2.51. The molecule has 3 heterocycles. The van der Waals surface area contributed by atoms with Gasteiger partial charge < -0.3 is 5.11 Å². The van der Waals surface area contributed by atoms with Gasteiger partial charge in [-0.3, -0.25) is 9.58 Å². The fourth-order valence-corrected chi connectivity index (χ4v) is 4.33. The average Bonchev–Trinajstić information content (AvgIpc) is 2.92. The maximum atomic E-state index is 11.2. The van der Waals surface area contributed by atoms with Gasteiger partial charge in [0.15, 0.2) is 0 Å². The number of aryl methyl sites for hydroxylation is 2. The van der Waals surface area contributed by atoms with Gasteiger partial charge in [-0.1, -0.05) is 6.42 Å². The lowest BCUT2D eigenvalue weighted by Gasteiger charge is -2.37. The Balaban J connectivity index is 1.87. The van der Waals surface area contributed by atoms with Crippen molar-refractivity contribution in [1.82, 2.24) is 14.7 Å². The van der Waals surface area contributed by atoms with Gasteiger partial charge in [0.05, 0.1) is 21.5 Å². The summed E-state index contributed by atoms with van der Waals surface area (Å²) < 4.78 is 3.10. The number of aromatic nitrogens is 2. The molecule has 1 aromatic heterocycles. The Hall–Kier alpha value is -0.390. The molecule has 0 aromatic carbocycles. The quantitative estimate of drug-likeness (QED) is 0.918. The van der Waals surface area contributed by atoms with Gasteiger partial charge in [-0.25, -0.2) is 0 Å². The number of halogens is 1. The Morgan fingerprint density at radius 1 is 1.40 bits per heavy atom. The Morgan fingerprint density at radius 2 is 2.20 bits per heavy atom. The van der Waals surface area contributed by atoms with Crippen LogP contribution in [-0.2, 0) is 13.0 Å². The first-order valence-electron chi connectivity index (χ1n) is 7.73. The van der Waals surface area contributed by atoms with Crippen molar-refractivity contribution in [2.24, 2.45) is 0 Å². The van der Waals surface area contributed by atoms with Crippen molar-refractivity contribution in [3.05, 3.63) is 15.9 Å². The topological polar surface area (TPSA) is 41.3 Å². The highest BCUT2D eigenvalue weighted by atomic mass is 79.9. The molecule has 1 aromatic rings. The van der Waals surface area contributed by atoms with E-state index in [2.05, 4.69) is 32.9 Å². The normalized spacial score (nSPS) is 30.7. The molecule has 2 aliphatic rings. The highest BCUT2D eigenvalue weighted by molar-refractivity contribution is 9.10. The first-order valence-corrected chi connectivity index (χ1v) is 8.52.